The van der Waals surface area contributed by atoms with Gasteiger partial charge in [0.05, 0.1) is 45.9 Å². The number of nitrogens with zero attached hydrogens (tertiary/aromatic N) is 2. The number of hydrogen-bond acceptors (Lipinski definition) is 12. The number of sulfonamides is 3. The lowest BCUT2D eigenvalue weighted by Gasteiger charge is -2.43. The number of amides is 1. The molecule has 2 unspecified atom stereocenters. The fraction of sp³-hybridized carbons (Fsp3) is 0.415. The molecule has 0 aromatic heterocycles. The average molecular weight is 1050 g/mol. The third kappa shape index (κ3) is 11.9. The van der Waals surface area contributed by atoms with E-state index in [1.54, 1.807) is 52.0 Å². The molecule has 6 rings (SSSR count). The second kappa shape index (κ2) is 20.7. The molecule has 1 aliphatic carbocycles. The number of phenols is 1. The highest BCUT2D eigenvalue weighted by molar-refractivity contribution is 7.92. The summed E-state index contributed by atoms with van der Waals surface area (Å²) >= 11 is 0. The van der Waals surface area contributed by atoms with Crippen molar-refractivity contribution in [2.75, 3.05) is 17.6 Å². The number of rotatable bonds is 20. The van der Waals surface area contributed by atoms with Crippen molar-refractivity contribution in [1.29, 1.82) is 0 Å². The van der Waals surface area contributed by atoms with Gasteiger partial charge in [-0.25, -0.2) is 30.0 Å². The average Bonchev–Trinajstić information content (AvgIpc) is 3.29. The molecule has 0 spiro atoms. The lowest BCUT2D eigenvalue weighted by atomic mass is 9.70. The molecule has 0 aliphatic heterocycles. The molecule has 5 aromatic carbocycles. The number of carbonyl (C=O) groups is 1. The fourth-order valence-electron chi connectivity index (χ4n) is 8.96. The van der Waals surface area contributed by atoms with Crippen LogP contribution in [-0.4, -0.2) is 59.8 Å². The molecule has 388 valence electrons. The third-order valence-corrected chi connectivity index (χ3v) is 17.5. The van der Waals surface area contributed by atoms with Crippen LogP contribution >= 0.6 is 0 Å². The number of anilines is 1. The Morgan fingerprint density at radius 3 is 2.07 bits per heavy atom. The van der Waals surface area contributed by atoms with Gasteiger partial charge in [0.15, 0.2) is 0 Å². The SMILES string of the molecule is CCC(C)(C)c1ccc(OCCCCC2(NS(=O)(=O)c3ccc(/N=N/c4cc(S(=O)(=O)NC(C)(C)C)c(O)c5cccc(NS(C)(=O)=O)c45)cc3)C(C)=C(C(N)=O)C(O)c3ccccc32)c(C(C)(C)CC)c1. The lowest BCUT2D eigenvalue weighted by molar-refractivity contribution is -0.115. The third-order valence-electron chi connectivity index (χ3n) is 13.6. The van der Waals surface area contributed by atoms with Gasteiger partial charge in [0, 0.05) is 21.9 Å². The number of hydrogen-bond donors (Lipinski definition) is 6. The summed E-state index contributed by atoms with van der Waals surface area (Å²) in [6.07, 6.45) is 2.48. The number of fused-ring (bicyclic) bond motifs is 2. The van der Waals surface area contributed by atoms with Crippen molar-refractivity contribution >= 4 is 63.8 Å². The number of nitrogens with one attached hydrogen (secondary N) is 3. The molecular weight excluding hydrogens is 977 g/mol. The highest BCUT2D eigenvalue weighted by Crippen LogP contribution is 2.48. The van der Waals surface area contributed by atoms with Gasteiger partial charge in [-0.1, -0.05) is 90.1 Å². The van der Waals surface area contributed by atoms with E-state index in [1.165, 1.54) is 48.0 Å². The van der Waals surface area contributed by atoms with Crippen molar-refractivity contribution in [3.05, 3.63) is 124 Å². The first-order chi connectivity index (χ1) is 33.4. The van der Waals surface area contributed by atoms with Gasteiger partial charge in [0.2, 0.25) is 36.0 Å². The fourth-order valence-corrected chi connectivity index (χ4v) is 12.5. The van der Waals surface area contributed by atoms with Crippen LogP contribution < -0.4 is 24.6 Å². The van der Waals surface area contributed by atoms with Crippen molar-refractivity contribution in [2.45, 2.75) is 139 Å². The zero-order valence-electron chi connectivity index (χ0n) is 42.8. The molecule has 0 heterocycles. The van der Waals surface area contributed by atoms with E-state index in [2.05, 4.69) is 78.1 Å². The highest BCUT2D eigenvalue weighted by Gasteiger charge is 2.47. The Balaban J connectivity index is 1.35. The van der Waals surface area contributed by atoms with E-state index < -0.39 is 63.8 Å². The molecule has 0 bridgehead atoms. The maximum absolute atomic E-state index is 14.7. The first-order valence-corrected chi connectivity index (χ1v) is 28.7. The zero-order valence-corrected chi connectivity index (χ0v) is 45.3. The summed E-state index contributed by atoms with van der Waals surface area (Å²) in [4.78, 5) is 12.4. The second-order valence-electron chi connectivity index (χ2n) is 20.8. The maximum Gasteiger partial charge on any atom is 0.247 e. The van der Waals surface area contributed by atoms with E-state index in [1.807, 2.05) is 6.07 Å². The van der Waals surface area contributed by atoms with Gasteiger partial charge >= 0.3 is 0 Å². The minimum atomic E-state index is -4.46. The topological polar surface area (TPSA) is 256 Å². The molecule has 16 nitrogen and oxygen atoms in total. The Hall–Kier alpha value is -5.70. The number of benzene rings is 5. The van der Waals surface area contributed by atoms with Crippen molar-refractivity contribution < 1.29 is 45.0 Å². The summed E-state index contributed by atoms with van der Waals surface area (Å²) in [6, 6.07) is 23.9. The number of aromatic hydroxyl groups is 1. The Morgan fingerprint density at radius 2 is 1.46 bits per heavy atom. The van der Waals surface area contributed by atoms with E-state index in [-0.39, 0.29) is 61.1 Å². The Kier molecular flexibility index (Phi) is 16.0. The van der Waals surface area contributed by atoms with Gasteiger partial charge < -0.3 is 20.7 Å². The largest absolute Gasteiger partial charge is 0.506 e. The number of aliphatic hydroxyl groups excluding tert-OH is 1. The van der Waals surface area contributed by atoms with Crippen molar-refractivity contribution in [3.8, 4) is 11.5 Å². The minimum absolute atomic E-state index is 0.00645. The number of ether oxygens (including phenoxy) is 1. The maximum atomic E-state index is 14.7. The Bertz CT molecular complexity index is 3290. The van der Waals surface area contributed by atoms with Gasteiger partial charge in [0.25, 0.3) is 0 Å². The molecule has 0 saturated heterocycles. The first kappa shape index (κ1) is 55.6. The van der Waals surface area contributed by atoms with Crippen molar-refractivity contribution in [1.82, 2.24) is 9.44 Å². The van der Waals surface area contributed by atoms with Crippen LogP contribution in [0.2, 0.25) is 0 Å². The molecule has 1 aliphatic rings. The van der Waals surface area contributed by atoms with Gasteiger partial charge in [-0.15, -0.1) is 5.11 Å². The van der Waals surface area contributed by atoms with Gasteiger partial charge in [-0.05, 0) is 135 Å². The first-order valence-electron chi connectivity index (χ1n) is 23.8. The van der Waals surface area contributed by atoms with E-state index in [0.29, 0.717) is 30.6 Å². The predicted molar refractivity (Wildman–Crippen MR) is 282 cm³/mol. The number of aliphatic hydroxyl groups is 1. The Labute approximate surface area is 424 Å². The highest BCUT2D eigenvalue weighted by atomic mass is 32.2. The van der Waals surface area contributed by atoms with E-state index >= 15 is 0 Å². The standard InChI is InChI=1S/C53H68N6O10S3/c1-12-51(7,8)34-23-28-43(40(31-34)52(9,10)13-2)69-30-17-16-29-53(33(3)45(49(54)62)48(61)37-19-14-15-21-39(37)53)59-71(65,66)36-26-24-35(25-27-36)55-56-42-32-44(72(67,68)58-50(4,5)6)47(60)38-20-18-22-41(46(38)42)57-70(11,63)64/h14-15,18-28,31-32,48,57-61H,12-13,16-17,29-30H2,1-11H3,(H2,54,62)/b56-55+. The Morgan fingerprint density at radius 1 is 0.806 bits per heavy atom. The quantitative estimate of drug-likeness (QED) is 0.0317. The van der Waals surface area contributed by atoms with Gasteiger partial charge in [-0.2, -0.15) is 9.84 Å². The molecular formula is C53H68N6O10S3. The number of azo groups is 1. The van der Waals surface area contributed by atoms with Crippen LogP contribution in [0, 0.1) is 0 Å². The molecule has 2 atom stereocenters. The molecule has 0 saturated carbocycles. The zero-order chi connectivity index (χ0) is 53.4. The van der Waals surface area contributed by atoms with Crippen molar-refractivity contribution in [3.63, 3.8) is 0 Å². The molecule has 5 aromatic rings. The monoisotopic (exact) mass is 1040 g/mol. The summed E-state index contributed by atoms with van der Waals surface area (Å²) < 4.78 is 95.6. The van der Waals surface area contributed by atoms with Crippen LogP contribution in [0.5, 0.6) is 11.5 Å². The number of nitrogens with two attached hydrogens (primary N) is 1. The normalized spacial score (nSPS) is 17.1. The number of phenolic OH excluding ortho intramolecular Hbond substituents is 1. The molecule has 1 amide bonds. The molecule has 72 heavy (non-hydrogen) atoms. The van der Waals surface area contributed by atoms with Gasteiger partial charge in [0.1, 0.15) is 22.5 Å². The second-order valence-corrected chi connectivity index (χ2v) is 25.9. The van der Waals surface area contributed by atoms with Crippen LogP contribution in [0.4, 0.5) is 17.1 Å². The van der Waals surface area contributed by atoms with Crippen LogP contribution in [0.3, 0.4) is 0 Å². The number of primary amides is 1. The van der Waals surface area contributed by atoms with E-state index in [4.69, 9.17) is 10.5 Å². The molecule has 0 fully saturated rings. The lowest BCUT2D eigenvalue weighted by Crippen LogP contribution is -2.50. The smallest absolute Gasteiger partial charge is 0.247 e. The summed E-state index contributed by atoms with van der Waals surface area (Å²) in [5, 5.41) is 31.4. The molecule has 0 radical (unpaired) electrons. The van der Waals surface area contributed by atoms with Crippen LogP contribution in [0.1, 0.15) is 130 Å². The van der Waals surface area contributed by atoms with Gasteiger partial charge in [-0.3, -0.25) is 9.52 Å². The summed E-state index contributed by atoms with van der Waals surface area (Å²) in [7, 11) is -12.7. The van der Waals surface area contributed by atoms with E-state index in [9.17, 15) is 40.3 Å². The van der Waals surface area contributed by atoms with E-state index in [0.717, 1.165) is 36.5 Å². The van der Waals surface area contributed by atoms with Crippen LogP contribution in [0.25, 0.3) is 10.8 Å². The minimum Gasteiger partial charge on any atom is -0.506 e. The summed E-state index contributed by atoms with van der Waals surface area (Å²) in [5.74, 6) is -0.755. The number of carbonyl (C=O) groups excluding carboxylic acids is 1. The molecule has 7 N–H and O–H groups in total. The molecule has 19 heteroatoms. The number of unbranched alkanes of at least 4 members (excludes halogenated alkanes) is 1. The summed E-state index contributed by atoms with van der Waals surface area (Å²) in [6.45, 7) is 20.0. The summed E-state index contributed by atoms with van der Waals surface area (Å²) in [5.41, 5.74) is 6.50. The van der Waals surface area contributed by atoms with Crippen molar-refractivity contribution in [2.24, 2.45) is 16.0 Å². The predicted octanol–water partition coefficient (Wildman–Crippen LogP) is 10.1. The van der Waals surface area contributed by atoms with Crippen LogP contribution in [0.15, 0.2) is 122 Å². The van der Waals surface area contributed by atoms with Crippen LogP contribution in [-0.2, 0) is 51.2 Å².